The summed E-state index contributed by atoms with van der Waals surface area (Å²) in [4.78, 5) is 13.2. The van der Waals surface area contributed by atoms with Gasteiger partial charge in [0.1, 0.15) is 22.9 Å². The van der Waals surface area contributed by atoms with Gasteiger partial charge in [-0.3, -0.25) is 4.90 Å². The third kappa shape index (κ3) is 3.46. The molecule has 1 N–H and O–H groups in total. The summed E-state index contributed by atoms with van der Waals surface area (Å²) >= 11 is 6.42. The molecule has 9 heteroatoms. The van der Waals surface area contributed by atoms with Crippen LogP contribution in [-0.2, 0) is 0 Å². The number of fused-ring (bicyclic) bond motifs is 4. The predicted molar refractivity (Wildman–Crippen MR) is 132 cm³/mol. The van der Waals surface area contributed by atoms with Crippen LogP contribution in [0.4, 0.5) is 14.6 Å². The number of aromatic nitrogens is 2. The molecule has 2 bridgehead atoms. The monoisotopic (exact) mass is 496 g/mol. The molecule has 0 amide bonds. The van der Waals surface area contributed by atoms with Crippen LogP contribution < -0.4 is 9.64 Å². The van der Waals surface area contributed by atoms with Crippen LogP contribution in [0.15, 0.2) is 36.4 Å². The van der Waals surface area contributed by atoms with Gasteiger partial charge in [0.25, 0.3) is 0 Å². The van der Waals surface area contributed by atoms with Crippen LogP contribution in [0.1, 0.15) is 12.8 Å². The maximum absolute atomic E-state index is 16.2. The first-order chi connectivity index (χ1) is 16.9. The molecule has 2 atom stereocenters. The van der Waals surface area contributed by atoms with Gasteiger partial charge in [-0.1, -0.05) is 23.7 Å². The van der Waals surface area contributed by atoms with Gasteiger partial charge in [-0.2, -0.15) is 9.97 Å². The van der Waals surface area contributed by atoms with Crippen LogP contribution in [-0.4, -0.2) is 59.3 Å². The molecule has 4 aromatic rings. The van der Waals surface area contributed by atoms with Crippen molar-refractivity contribution in [1.29, 1.82) is 0 Å². The maximum atomic E-state index is 16.2. The first-order valence-electron chi connectivity index (χ1n) is 11.5. The number of nitrogens with zero attached hydrogens (tertiary/aromatic N) is 4. The van der Waals surface area contributed by atoms with Gasteiger partial charge in [0.2, 0.25) is 0 Å². The van der Waals surface area contributed by atoms with Crippen molar-refractivity contribution < 1.29 is 18.6 Å². The van der Waals surface area contributed by atoms with Gasteiger partial charge in [-0.15, -0.1) is 0 Å². The number of aromatic hydroxyl groups is 1. The van der Waals surface area contributed by atoms with Gasteiger partial charge in [-0.25, -0.2) is 8.78 Å². The summed E-state index contributed by atoms with van der Waals surface area (Å²) < 4.78 is 37.2. The number of benzene rings is 3. The molecule has 35 heavy (non-hydrogen) atoms. The lowest BCUT2D eigenvalue weighted by molar-refractivity contribution is 0.212. The Kier molecular flexibility index (Phi) is 5.19. The first kappa shape index (κ1) is 22.2. The average molecular weight is 497 g/mol. The number of phenolic OH excluding ortho intramolecular Hbond substituents is 1. The van der Waals surface area contributed by atoms with Crippen molar-refractivity contribution in [2.24, 2.45) is 0 Å². The minimum atomic E-state index is -0.856. The molecule has 1 aromatic heterocycles. The molecule has 6 rings (SSSR count). The quantitative estimate of drug-likeness (QED) is 0.411. The van der Waals surface area contributed by atoms with Gasteiger partial charge >= 0.3 is 6.01 Å². The number of rotatable bonds is 3. The van der Waals surface area contributed by atoms with Crippen molar-refractivity contribution in [3.63, 3.8) is 0 Å². The number of halogens is 3. The number of phenols is 1. The second kappa shape index (κ2) is 8.17. The fourth-order valence-electron chi connectivity index (χ4n) is 5.59. The van der Waals surface area contributed by atoms with Crippen LogP contribution in [0.25, 0.3) is 32.8 Å². The summed E-state index contributed by atoms with van der Waals surface area (Å²) in [5, 5.41) is 11.9. The maximum Gasteiger partial charge on any atom is 0.318 e. The number of ether oxygens (including phenoxy) is 1. The third-order valence-electron chi connectivity index (χ3n) is 7.35. The Morgan fingerprint density at radius 3 is 2.54 bits per heavy atom. The standard InChI is InChI=1S/C26H23ClF2N4O2/c1-32-14-6-7-15(32)12-33(11-14)25-18-10-20(28)22(23(29)24(18)30-26(31-25)35-2)17-9-16(34)8-13-4-3-5-19(27)21(13)17/h3-5,8-10,14-15,34H,6-7,11-12H2,1-2H3. The Hall–Kier alpha value is -3.23. The third-order valence-corrected chi connectivity index (χ3v) is 7.67. The van der Waals surface area contributed by atoms with Crippen molar-refractivity contribution in [2.45, 2.75) is 24.9 Å². The molecule has 6 nitrogen and oxygen atoms in total. The Bertz CT molecular complexity index is 1480. The minimum Gasteiger partial charge on any atom is -0.508 e. The second-order valence-corrected chi connectivity index (χ2v) is 9.67. The zero-order valence-electron chi connectivity index (χ0n) is 19.2. The predicted octanol–water partition coefficient (Wildman–Crippen LogP) is 5.38. The van der Waals surface area contributed by atoms with E-state index in [1.807, 2.05) is 0 Å². The molecular formula is C26H23ClF2N4O2. The first-order valence-corrected chi connectivity index (χ1v) is 11.9. The van der Waals surface area contributed by atoms with Gasteiger partial charge < -0.3 is 14.7 Å². The van der Waals surface area contributed by atoms with E-state index in [9.17, 15) is 5.11 Å². The number of anilines is 1. The molecule has 2 fully saturated rings. The average Bonchev–Trinajstić information content (AvgIpc) is 3.03. The Morgan fingerprint density at radius 1 is 1.09 bits per heavy atom. The number of hydrogen-bond acceptors (Lipinski definition) is 6. The fraction of sp³-hybridized carbons (Fsp3) is 0.308. The molecule has 0 saturated carbocycles. The lowest BCUT2D eigenvalue weighted by Gasteiger charge is -2.39. The highest BCUT2D eigenvalue weighted by Gasteiger charge is 2.39. The van der Waals surface area contributed by atoms with Crippen molar-refractivity contribution in [2.75, 3.05) is 32.1 Å². The molecule has 0 aliphatic carbocycles. The van der Waals surface area contributed by atoms with Gasteiger partial charge in [-0.05, 0) is 49.5 Å². The normalized spacial score (nSPS) is 20.2. The van der Waals surface area contributed by atoms with E-state index in [-0.39, 0.29) is 33.8 Å². The molecule has 0 radical (unpaired) electrons. The van der Waals surface area contributed by atoms with Gasteiger partial charge in [0, 0.05) is 46.5 Å². The van der Waals surface area contributed by atoms with E-state index in [2.05, 4.69) is 26.8 Å². The highest BCUT2D eigenvalue weighted by atomic mass is 35.5. The van der Waals surface area contributed by atoms with Crippen molar-refractivity contribution in [3.05, 3.63) is 53.1 Å². The molecule has 2 aliphatic rings. The Balaban J connectivity index is 1.60. The largest absolute Gasteiger partial charge is 0.508 e. The smallest absolute Gasteiger partial charge is 0.318 e. The number of likely N-dealkylation sites (N-methyl/N-ethyl adjacent to an activating group) is 1. The van der Waals surface area contributed by atoms with E-state index >= 15 is 8.78 Å². The van der Waals surface area contributed by atoms with Gasteiger partial charge in [0.05, 0.1) is 12.7 Å². The zero-order valence-corrected chi connectivity index (χ0v) is 20.0. The molecule has 3 aromatic carbocycles. The van der Waals surface area contributed by atoms with E-state index in [0.717, 1.165) is 12.8 Å². The van der Waals surface area contributed by atoms with Crippen molar-refractivity contribution >= 4 is 39.1 Å². The Labute approximate surface area is 205 Å². The SMILES string of the molecule is COc1nc(N2CC3CCC(C2)N3C)c2cc(F)c(-c3cc(O)cc4cccc(Cl)c34)c(F)c2n1. The lowest BCUT2D eigenvalue weighted by Crippen LogP contribution is -2.52. The van der Waals surface area contributed by atoms with E-state index in [4.69, 9.17) is 16.3 Å². The number of hydrogen-bond donors (Lipinski definition) is 1. The van der Waals surface area contributed by atoms with Gasteiger partial charge in [0.15, 0.2) is 5.82 Å². The van der Waals surface area contributed by atoms with Crippen molar-refractivity contribution in [3.8, 4) is 22.9 Å². The second-order valence-electron chi connectivity index (χ2n) is 9.26. The number of piperazine rings is 1. The van der Waals surface area contributed by atoms with Crippen LogP contribution >= 0.6 is 11.6 Å². The summed E-state index contributed by atoms with van der Waals surface area (Å²) in [5.74, 6) is -1.30. The van der Waals surface area contributed by atoms with Crippen LogP contribution in [0.2, 0.25) is 5.02 Å². The molecule has 2 unspecified atom stereocenters. The molecular weight excluding hydrogens is 474 g/mol. The van der Waals surface area contributed by atoms with E-state index in [1.54, 1.807) is 18.2 Å². The zero-order chi connectivity index (χ0) is 24.4. The molecule has 0 spiro atoms. The molecule has 2 aliphatic heterocycles. The fourth-order valence-corrected chi connectivity index (χ4v) is 5.87. The molecule has 180 valence electrons. The lowest BCUT2D eigenvalue weighted by atomic mass is 9.95. The summed E-state index contributed by atoms with van der Waals surface area (Å²) in [6.45, 7) is 1.42. The van der Waals surface area contributed by atoms with Crippen LogP contribution in [0.3, 0.4) is 0 Å². The number of methoxy groups -OCH3 is 1. The van der Waals surface area contributed by atoms with Crippen LogP contribution in [0, 0.1) is 11.6 Å². The topological polar surface area (TPSA) is 61.7 Å². The summed E-state index contributed by atoms with van der Waals surface area (Å²) in [6.07, 6.45) is 2.16. The highest BCUT2D eigenvalue weighted by molar-refractivity contribution is 6.36. The van der Waals surface area contributed by atoms with Crippen LogP contribution in [0.5, 0.6) is 11.8 Å². The van der Waals surface area contributed by atoms with E-state index in [0.29, 0.717) is 46.8 Å². The van der Waals surface area contributed by atoms with E-state index < -0.39 is 11.6 Å². The summed E-state index contributed by atoms with van der Waals surface area (Å²) in [5.41, 5.74) is -0.200. The summed E-state index contributed by atoms with van der Waals surface area (Å²) in [6, 6.07) is 9.92. The molecule has 3 heterocycles. The minimum absolute atomic E-state index is 0.00836. The summed E-state index contributed by atoms with van der Waals surface area (Å²) in [7, 11) is 3.54. The van der Waals surface area contributed by atoms with Crippen molar-refractivity contribution in [1.82, 2.24) is 14.9 Å². The molecule has 2 saturated heterocycles. The highest BCUT2D eigenvalue weighted by Crippen LogP contribution is 2.42. The van der Waals surface area contributed by atoms with E-state index in [1.165, 1.54) is 25.3 Å². The Morgan fingerprint density at radius 2 is 1.83 bits per heavy atom.